The Hall–Kier alpha value is -5.22. The minimum atomic E-state index is -0.237. The van der Waals surface area contributed by atoms with E-state index >= 15 is 0 Å². The van der Waals surface area contributed by atoms with Gasteiger partial charge in [0, 0.05) is 20.1 Å². The molecule has 1 nitrogen and oxygen atoms in total. The first-order valence-corrected chi connectivity index (χ1v) is 20.1. The van der Waals surface area contributed by atoms with Crippen LogP contribution in [0.4, 0.5) is 0 Å². The predicted molar refractivity (Wildman–Crippen MR) is 233 cm³/mol. The number of fused-ring (bicyclic) bond motifs is 12. The van der Waals surface area contributed by atoms with E-state index in [4.69, 9.17) is 0 Å². The number of carbonyl (C=O) groups excluding carboxylic acids is 1. The number of hydrogen-bond acceptors (Lipinski definition) is 1. The lowest BCUT2D eigenvalue weighted by Gasteiger charge is -2.31. The topological polar surface area (TPSA) is 17.1 Å². The Morgan fingerprint density at radius 1 is 0.426 bits per heavy atom. The average Bonchev–Trinajstić information content (AvgIpc) is 3.81. The maximum Gasteiger partial charge on any atom is 0.251 e. The summed E-state index contributed by atoms with van der Waals surface area (Å²) in [5, 5.41) is 0. The summed E-state index contributed by atoms with van der Waals surface area (Å²) in [7, 11) is 0. The summed E-state index contributed by atoms with van der Waals surface area (Å²) in [4.78, 5) is 12.1. The molecule has 0 atom stereocenters. The second kappa shape index (κ2) is 14.2. The van der Waals surface area contributed by atoms with Crippen LogP contribution in [-0.2, 0) is 5.41 Å². The van der Waals surface area contributed by atoms with Crippen molar-refractivity contribution in [1.82, 2.24) is 0 Å². The van der Waals surface area contributed by atoms with Crippen molar-refractivity contribution >= 4 is 59.1 Å². The molecule has 0 unspecified atom stereocenters. The van der Waals surface area contributed by atoms with E-state index < -0.39 is 0 Å². The molecule has 0 aromatic heterocycles. The van der Waals surface area contributed by atoms with Gasteiger partial charge in [-0.3, -0.25) is 4.79 Å². The Morgan fingerprint density at radius 3 is 1.50 bits per heavy atom. The van der Waals surface area contributed by atoms with Crippen molar-refractivity contribution in [2.45, 2.75) is 5.41 Å². The van der Waals surface area contributed by atoms with Gasteiger partial charge in [0.25, 0.3) is 5.78 Å². The van der Waals surface area contributed by atoms with Crippen LogP contribution in [0.5, 0.6) is 0 Å². The summed E-state index contributed by atoms with van der Waals surface area (Å²) in [5.41, 5.74) is 16.7. The van der Waals surface area contributed by atoms with Crippen molar-refractivity contribution in [3.05, 3.63) is 240 Å². The zero-order valence-corrected chi connectivity index (χ0v) is 33.6. The molecule has 7 aromatic rings. The summed E-state index contributed by atoms with van der Waals surface area (Å²) in [6.07, 6.45) is 6.76. The lowest BCUT2D eigenvalue weighted by Crippen LogP contribution is -2.26. The normalized spacial score (nSPS) is 14.2. The Kier molecular flexibility index (Phi) is 9.09. The Bertz CT molecular complexity index is 2650. The molecule has 0 saturated heterocycles. The number of carbonyl (C=O) groups is 1. The second-order valence-corrected chi connectivity index (χ2v) is 15.9. The number of rotatable bonds is 1. The molecular weight excluding hydrogens is 856 g/mol. The summed E-state index contributed by atoms with van der Waals surface area (Å²) in [5.74, 6) is 0.0873. The van der Waals surface area contributed by atoms with Gasteiger partial charge in [0.1, 0.15) is 11.6 Å². The van der Waals surface area contributed by atoms with Crippen molar-refractivity contribution in [2.75, 3.05) is 0 Å². The molecule has 11 rings (SSSR count). The van der Waals surface area contributed by atoms with Gasteiger partial charge in [-0.15, -0.1) is 0 Å². The van der Waals surface area contributed by atoms with Crippen molar-refractivity contribution in [1.29, 1.82) is 0 Å². The summed E-state index contributed by atoms with van der Waals surface area (Å²) < 4.78 is 3.07. The molecule has 4 aliphatic rings. The lowest BCUT2D eigenvalue weighted by molar-refractivity contribution is 0.104. The molecular formula is C50H30Br3O+. The van der Waals surface area contributed by atoms with Crippen molar-refractivity contribution < 1.29 is 4.79 Å². The number of allylic oxidation sites excluding steroid dienone is 6. The van der Waals surface area contributed by atoms with E-state index in [1.807, 2.05) is 54.6 Å². The molecule has 54 heavy (non-hydrogen) atoms. The highest BCUT2D eigenvalue weighted by atomic mass is 79.9. The van der Waals surface area contributed by atoms with E-state index in [2.05, 4.69) is 181 Å². The quantitative estimate of drug-likeness (QED) is 0.150. The second-order valence-electron chi connectivity index (χ2n) is 13.4. The van der Waals surface area contributed by atoms with Crippen molar-refractivity contribution in [3.8, 4) is 33.4 Å². The molecule has 0 fully saturated rings. The molecule has 256 valence electrons. The number of ketones is 1. The first-order chi connectivity index (χ1) is 26.5. The van der Waals surface area contributed by atoms with Gasteiger partial charge in [-0.25, -0.2) is 0 Å². The molecule has 7 aromatic carbocycles. The molecule has 4 heteroatoms. The number of Topliss-reactive ketones (excluding diaryl/α,β-unsaturated/α-hetero) is 1. The molecule has 0 bridgehead atoms. The number of benzene rings is 7. The molecule has 1 spiro atoms. The van der Waals surface area contributed by atoms with Gasteiger partial charge in [-0.05, 0) is 89.8 Å². The van der Waals surface area contributed by atoms with Crippen LogP contribution in [0.15, 0.2) is 201 Å². The standard InChI is InChI=1S/C25H15Br.C13H6BrO.C12H9Br/c26-23-15-7-11-19-18-10-3-6-14-22(18)25(24(19)23)20-12-4-1-8-16(20)17-9-2-5-13-21(17)25;14-11-7-3-6-9-8-4-1-2-5-10(8)13(15)12(9)11;13-12-9-5-4-8-11(12)10-6-2-1-3-7-10/h1-15H;1-6H;1-9H/q;+1;. The molecule has 0 radical (unpaired) electrons. The number of hydrogen-bond donors (Lipinski definition) is 0. The lowest BCUT2D eigenvalue weighted by atomic mass is 9.70. The first kappa shape index (κ1) is 34.5. The highest BCUT2D eigenvalue weighted by Gasteiger charge is 2.52. The third kappa shape index (κ3) is 5.48. The zero-order chi connectivity index (χ0) is 36.8. The maximum atomic E-state index is 12.1. The van der Waals surface area contributed by atoms with E-state index in [1.165, 1.54) is 60.1 Å². The van der Waals surface area contributed by atoms with Crippen molar-refractivity contribution in [2.24, 2.45) is 0 Å². The van der Waals surface area contributed by atoms with Gasteiger partial charge in [-0.2, -0.15) is 0 Å². The van der Waals surface area contributed by atoms with Crippen LogP contribution in [0, 0.1) is 6.08 Å². The fraction of sp³-hybridized carbons (Fsp3) is 0.0200. The molecule has 4 aliphatic carbocycles. The third-order valence-corrected chi connectivity index (χ3v) is 12.5. The van der Waals surface area contributed by atoms with Gasteiger partial charge in [-0.1, -0.05) is 184 Å². The summed E-state index contributed by atoms with van der Waals surface area (Å²) in [6, 6.07) is 59.5. The van der Waals surface area contributed by atoms with E-state index in [9.17, 15) is 4.79 Å². The fourth-order valence-corrected chi connectivity index (χ4v) is 10.1. The Labute approximate surface area is 340 Å². The maximum absolute atomic E-state index is 12.1. The SMILES string of the molecule is Brc1cccc2c1C1(c3ccccc3-c3ccccc31)c1ccccc1-2.Brc1ccccc1-c1ccccc1.O=C1C2=C(C=C[C+]=C2Br)c2ccccc21. The van der Waals surface area contributed by atoms with Crippen LogP contribution in [0.25, 0.3) is 39.0 Å². The minimum Gasteiger partial charge on any atom is -0.272 e. The van der Waals surface area contributed by atoms with E-state index in [0.717, 1.165) is 31.2 Å². The van der Waals surface area contributed by atoms with Crippen LogP contribution in [0.1, 0.15) is 38.2 Å². The predicted octanol–water partition coefficient (Wildman–Crippen LogP) is 14.2. The molecule has 0 aliphatic heterocycles. The largest absolute Gasteiger partial charge is 0.272 e. The van der Waals surface area contributed by atoms with Crippen LogP contribution >= 0.6 is 47.8 Å². The van der Waals surface area contributed by atoms with Crippen LogP contribution in [0.3, 0.4) is 0 Å². The fourth-order valence-electron chi connectivity index (χ4n) is 8.39. The highest BCUT2D eigenvalue weighted by molar-refractivity contribution is 9.12. The number of halogens is 3. The van der Waals surface area contributed by atoms with Crippen molar-refractivity contribution in [3.63, 3.8) is 0 Å². The van der Waals surface area contributed by atoms with Crippen LogP contribution < -0.4 is 0 Å². The summed E-state index contributed by atoms with van der Waals surface area (Å²) >= 11 is 10.8. The van der Waals surface area contributed by atoms with Gasteiger partial charge in [0.15, 0.2) is 10.1 Å². The minimum absolute atomic E-state index is 0.0873. The van der Waals surface area contributed by atoms with Crippen LogP contribution in [-0.4, -0.2) is 5.78 Å². The smallest absolute Gasteiger partial charge is 0.251 e. The molecule has 0 amide bonds. The third-order valence-electron chi connectivity index (χ3n) is 10.6. The van der Waals surface area contributed by atoms with Gasteiger partial charge >= 0.3 is 0 Å². The van der Waals surface area contributed by atoms with E-state index in [1.54, 1.807) is 0 Å². The highest BCUT2D eigenvalue weighted by Crippen LogP contribution is 2.63. The van der Waals surface area contributed by atoms with Gasteiger partial charge in [0.05, 0.1) is 17.6 Å². The average molecular weight is 887 g/mol. The molecule has 0 N–H and O–H groups in total. The monoisotopic (exact) mass is 883 g/mol. The van der Waals surface area contributed by atoms with Gasteiger partial charge in [0.2, 0.25) is 0 Å². The van der Waals surface area contributed by atoms with E-state index in [-0.39, 0.29) is 11.2 Å². The summed E-state index contributed by atoms with van der Waals surface area (Å²) in [6.45, 7) is 0. The first-order valence-electron chi connectivity index (χ1n) is 17.7. The molecule has 0 heterocycles. The van der Waals surface area contributed by atoms with Gasteiger partial charge < -0.3 is 0 Å². The Balaban J connectivity index is 0.000000117. The zero-order valence-electron chi connectivity index (χ0n) is 28.9. The Morgan fingerprint density at radius 2 is 0.889 bits per heavy atom. The van der Waals surface area contributed by atoms with Crippen LogP contribution in [0.2, 0.25) is 0 Å². The van der Waals surface area contributed by atoms with E-state index in [0.29, 0.717) is 0 Å². The molecule has 0 saturated carbocycles.